The van der Waals surface area contributed by atoms with Gasteiger partial charge in [0.05, 0.1) is 6.54 Å². The van der Waals surface area contributed by atoms with Crippen LogP contribution in [-0.2, 0) is 11.3 Å². The van der Waals surface area contributed by atoms with Crippen LogP contribution in [0.1, 0.15) is 23.6 Å². The number of nitrogens with zero attached hydrogens (tertiary/aromatic N) is 1. The minimum absolute atomic E-state index is 0.0951. The van der Waals surface area contributed by atoms with Crippen molar-refractivity contribution < 1.29 is 4.79 Å². The highest BCUT2D eigenvalue weighted by Crippen LogP contribution is 2.19. The van der Waals surface area contributed by atoms with Crippen molar-refractivity contribution in [1.29, 1.82) is 0 Å². The van der Waals surface area contributed by atoms with Crippen molar-refractivity contribution in [2.24, 2.45) is 0 Å². The van der Waals surface area contributed by atoms with E-state index in [1.54, 1.807) is 4.90 Å². The second kappa shape index (κ2) is 6.32. The number of nitrogens with one attached hydrogen (secondary N) is 1. The zero-order valence-corrected chi connectivity index (χ0v) is 14.1. The second-order valence-electron chi connectivity index (χ2n) is 6.16. The molecule has 1 N–H and O–H groups in total. The predicted molar refractivity (Wildman–Crippen MR) is 97.3 cm³/mol. The van der Waals surface area contributed by atoms with Crippen LogP contribution in [0, 0.1) is 13.8 Å². The van der Waals surface area contributed by atoms with Gasteiger partial charge in [0, 0.05) is 23.7 Å². The lowest BCUT2D eigenvalue weighted by molar-refractivity contribution is -0.116. The summed E-state index contributed by atoms with van der Waals surface area (Å²) >= 11 is 0. The topological polar surface area (TPSA) is 53.2 Å². The number of benzene rings is 2. The molecule has 1 heterocycles. The third-order valence-corrected chi connectivity index (χ3v) is 4.13. The van der Waals surface area contributed by atoms with Crippen LogP contribution < -0.4 is 10.5 Å². The fourth-order valence-electron chi connectivity index (χ4n) is 2.76. The average molecular weight is 320 g/mol. The highest BCUT2D eigenvalue weighted by Gasteiger charge is 2.14. The predicted octanol–water partition coefficient (Wildman–Crippen LogP) is 3.70. The largest absolute Gasteiger partial charge is 0.322 e. The molecule has 0 aliphatic rings. The fraction of sp³-hybridized carbons (Fsp3) is 0.200. The number of carbonyl (C=O) groups excluding carboxylic acids is 1. The number of aromatic amines is 1. The van der Waals surface area contributed by atoms with Gasteiger partial charge in [-0.15, -0.1) is 0 Å². The Morgan fingerprint density at radius 1 is 1.00 bits per heavy atom. The minimum Gasteiger partial charge on any atom is -0.322 e. The Hall–Kier alpha value is -2.88. The van der Waals surface area contributed by atoms with E-state index < -0.39 is 0 Å². The summed E-state index contributed by atoms with van der Waals surface area (Å²) in [6.07, 6.45) is 0. The Kier molecular flexibility index (Phi) is 4.21. The first-order chi connectivity index (χ1) is 11.4. The number of H-pyrrole nitrogens is 1. The number of hydrogen-bond acceptors (Lipinski definition) is 2. The highest BCUT2D eigenvalue weighted by molar-refractivity contribution is 5.91. The molecular weight excluding hydrogens is 300 g/mol. The molecule has 1 amide bonds. The maximum Gasteiger partial charge on any atom is 0.253 e. The standard InChI is InChI=1S/C20H20N2O2/c1-13-5-8-18(9-6-13)22(15(3)23)12-17-11-16-7-4-14(2)10-19(16)21-20(17)24/h4-11H,12H2,1-3H3,(H,21,24). The molecule has 3 rings (SSSR count). The van der Waals surface area contributed by atoms with Crippen molar-refractivity contribution >= 4 is 22.5 Å². The van der Waals surface area contributed by atoms with Crippen molar-refractivity contribution in [3.05, 3.63) is 75.6 Å². The molecule has 0 saturated carbocycles. The number of aromatic nitrogens is 1. The molecule has 0 bridgehead atoms. The molecule has 0 unspecified atom stereocenters. The van der Waals surface area contributed by atoms with Gasteiger partial charge in [0.25, 0.3) is 5.56 Å². The Morgan fingerprint density at radius 2 is 1.67 bits per heavy atom. The molecule has 4 heteroatoms. The minimum atomic E-state index is -0.161. The van der Waals surface area contributed by atoms with Gasteiger partial charge in [-0.3, -0.25) is 9.59 Å². The van der Waals surface area contributed by atoms with Crippen LogP contribution in [0.5, 0.6) is 0 Å². The van der Waals surface area contributed by atoms with Crippen molar-refractivity contribution in [3.63, 3.8) is 0 Å². The summed E-state index contributed by atoms with van der Waals surface area (Å²) in [6.45, 7) is 5.74. The molecule has 4 nitrogen and oxygen atoms in total. The molecule has 0 aliphatic heterocycles. The number of fused-ring (bicyclic) bond motifs is 1. The van der Waals surface area contributed by atoms with E-state index >= 15 is 0 Å². The second-order valence-corrected chi connectivity index (χ2v) is 6.16. The van der Waals surface area contributed by atoms with Gasteiger partial charge in [-0.25, -0.2) is 0 Å². The molecule has 3 aromatic rings. The number of rotatable bonds is 3. The van der Waals surface area contributed by atoms with E-state index in [1.807, 2.05) is 62.4 Å². The summed E-state index contributed by atoms with van der Waals surface area (Å²) in [5, 5.41) is 0.961. The number of hydrogen-bond donors (Lipinski definition) is 1. The maximum atomic E-state index is 12.4. The third kappa shape index (κ3) is 3.23. The fourth-order valence-corrected chi connectivity index (χ4v) is 2.76. The zero-order valence-electron chi connectivity index (χ0n) is 14.1. The number of amides is 1. The van der Waals surface area contributed by atoms with Crippen LogP contribution in [-0.4, -0.2) is 10.9 Å². The van der Waals surface area contributed by atoms with Gasteiger partial charge < -0.3 is 9.88 Å². The Labute approximate surface area is 140 Å². The Bertz CT molecular complexity index is 956. The van der Waals surface area contributed by atoms with Crippen LogP contribution in [0.2, 0.25) is 0 Å². The number of carbonyl (C=O) groups is 1. The molecule has 0 spiro atoms. The molecule has 0 radical (unpaired) electrons. The summed E-state index contributed by atoms with van der Waals surface area (Å²) in [7, 11) is 0. The Morgan fingerprint density at radius 3 is 2.33 bits per heavy atom. The Balaban J connectivity index is 2.01. The van der Waals surface area contributed by atoms with Gasteiger partial charge in [0.15, 0.2) is 0 Å². The molecule has 24 heavy (non-hydrogen) atoms. The zero-order chi connectivity index (χ0) is 17.3. The summed E-state index contributed by atoms with van der Waals surface area (Å²) < 4.78 is 0. The maximum absolute atomic E-state index is 12.4. The van der Waals surface area contributed by atoms with Gasteiger partial charge in [-0.1, -0.05) is 29.8 Å². The van der Waals surface area contributed by atoms with E-state index in [-0.39, 0.29) is 18.0 Å². The number of aryl methyl sites for hydroxylation is 2. The van der Waals surface area contributed by atoms with Crippen molar-refractivity contribution in [2.75, 3.05) is 4.90 Å². The summed E-state index contributed by atoms with van der Waals surface area (Å²) in [5.41, 5.74) is 4.23. The van der Waals surface area contributed by atoms with Crippen molar-refractivity contribution in [3.8, 4) is 0 Å². The van der Waals surface area contributed by atoms with Gasteiger partial charge in [0.2, 0.25) is 5.91 Å². The van der Waals surface area contributed by atoms with E-state index in [1.165, 1.54) is 6.92 Å². The van der Waals surface area contributed by atoms with Crippen LogP contribution in [0.25, 0.3) is 10.9 Å². The van der Waals surface area contributed by atoms with Crippen LogP contribution in [0.15, 0.2) is 53.3 Å². The normalized spacial score (nSPS) is 10.8. The summed E-state index contributed by atoms with van der Waals surface area (Å²) in [6, 6.07) is 15.5. The molecule has 0 saturated heterocycles. The van der Waals surface area contributed by atoms with Crippen LogP contribution in [0.3, 0.4) is 0 Å². The first-order valence-corrected chi connectivity index (χ1v) is 7.91. The number of pyridine rings is 1. The van der Waals surface area contributed by atoms with Crippen molar-refractivity contribution in [1.82, 2.24) is 4.98 Å². The molecule has 0 aliphatic carbocycles. The van der Waals surface area contributed by atoms with Gasteiger partial charge >= 0.3 is 0 Å². The van der Waals surface area contributed by atoms with E-state index in [2.05, 4.69) is 4.98 Å². The molecule has 2 aromatic carbocycles. The molecule has 122 valence electrons. The quantitative estimate of drug-likeness (QED) is 0.800. The van der Waals surface area contributed by atoms with E-state index in [9.17, 15) is 9.59 Å². The first kappa shape index (κ1) is 16.0. The average Bonchev–Trinajstić information content (AvgIpc) is 2.53. The lowest BCUT2D eigenvalue weighted by Gasteiger charge is -2.21. The molecular formula is C20H20N2O2. The van der Waals surface area contributed by atoms with Crippen LogP contribution >= 0.6 is 0 Å². The molecule has 1 aromatic heterocycles. The lowest BCUT2D eigenvalue weighted by atomic mass is 10.1. The third-order valence-electron chi connectivity index (χ3n) is 4.13. The summed E-state index contributed by atoms with van der Waals surface area (Å²) in [4.78, 5) is 29.0. The lowest BCUT2D eigenvalue weighted by Crippen LogP contribution is -2.30. The van der Waals surface area contributed by atoms with Gasteiger partial charge in [-0.05, 0) is 49.1 Å². The SMILES string of the molecule is CC(=O)N(Cc1cc2ccc(C)cc2[nH]c1=O)c1ccc(C)cc1. The van der Waals surface area contributed by atoms with Gasteiger partial charge in [-0.2, -0.15) is 0 Å². The monoisotopic (exact) mass is 320 g/mol. The van der Waals surface area contributed by atoms with Crippen LogP contribution in [0.4, 0.5) is 5.69 Å². The highest BCUT2D eigenvalue weighted by atomic mass is 16.2. The van der Waals surface area contributed by atoms with Gasteiger partial charge in [0.1, 0.15) is 0 Å². The van der Waals surface area contributed by atoms with Crippen molar-refractivity contribution in [2.45, 2.75) is 27.3 Å². The van der Waals surface area contributed by atoms with E-state index in [4.69, 9.17) is 0 Å². The first-order valence-electron chi connectivity index (χ1n) is 7.91. The van der Waals surface area contributed by atoms with E-state index in [0.717, 1.165) is 27.7 Å². The molecule has 0 fully saturated rings. The van der Waals surface area contributed by atoms with E-state index in [0.29, 0.717) is 5.56 Å². The molecule has 0 atom stereocenters. The summed E-state index contributed by atoms with van der Waals surface area (Å²) in [5.74, 6) is -0.0951. The smallest absolute Gasteiger partial charge is 0.253 e. The number of anilines is 1.